The van der Waals surface area contributed by atoms with Gasteiger partial charge in [-0.2, -0.15) is 0 Å². The summed E-state index contributed by atoms with van der Waals surface area (Å²) >= 11 is 0. The third kappa shape index (κ3) is 3.09. The predicted octanol–water partition coefficient (Wildman–Crippen LogP) is 0.147. The molecule has 0 radical (unpaired) electrons. The minimum atomic E-state index is 0.186. The van der Waals surface area contributed by atoms with Crippen LogP contribution >= 0.6 is 0 Å². The summed E-state index contributed by atoms with van der Waals surface area (Å²) < 4.78 is 2.81. The first-order valence-electron chi connectivity index (χ1n) is 5.08. The van der Waals surface area contributed by atoms with Crippen LogP contribution in [0.1, 0.15) is 26.2 Å². The van der Waals surface area contributed by atoms with Crippen molar-refractivity contribution in [1.29, 1.82) is 0 Å². The lowest BCUT2D eigenvalue weighted by Gasteiger charge is -2.33. The van der Waals surface area contributed by atoms with Gasteiger partial charge in [-0.25, -0.2) is 0 Å². The SMILES string of the molecule is CC1CCCCN1[SiH2]CC[SiH3]. The van der Waals surface area contributed by atoms with E-state index < -0.39 is 0 Å². The molecule has 1 aliphatic rings. The maximum absolute atomic E-state index is 2.81. The zero-order valence-corrected chi connectivity index (χ0v) is 11.4. The lowest BCUT2D eigenvalue weighted by atomic mass is 10.1. The van der Waals surface area contributed by atoms with Gasteiger partial charge in [0.25, 0.3) is 0 Å². The van der Waals surface area contributed by atoms with Gasteiger partial charge in [-0.3, -0.25) is 0 Å². The first kappa shape index (κ1) is 9.48. The summed E-state index contributed by atoms with van der Waals surface area (Å²) in [6.07, 6.45) is 4.42. The van der Waals surface area contributed by atoms with Gasteiger partial charge in [0.2, 0.25) is 0 Å². The number of rotatable bonds is 3. The molecule has 0 spiro atoms. The Morgan fingerprint density at radius 3 is 3.00 bits per heavy atom. The van der Waals surface area contributed by atoms with E-state index in [4.69, 9.17) is 0 Å². The van der Waals surface area contributed by atoms with Crippen LogP contribution < -0.4 is 0 Å². The summed E-state index contributed by atoms with van der Waals surface area (Å²) in [7, 11) is 1.61. The third-order valence-electron chi connectivity index (χ3n) is 2.74. The van der Waals surface area contributed by atoms with Gasteiger partial charge in [-0.05, 0) is 25.4 Å². The van der Waals surface area contributed by atoms with E-state index in [9.17, 15) is 0 Å². The van der Waals surface area contributed by atoms with Crippen LogP contribution in [0, 0.1) is 0 Å². The van der Waals surface area contributed by atoms with Crippen LogP contribution in [-0.2, 0) is 0 Å². The standard InChI is InChI=1S/C8H21NSi2/c1-8-4-2-3-5-9(8)11-7-6-10/h8H,2-7,11H2,1,10H3. The van der Waals surface area contributed by atoms with E-state index in [0.717, 1.165) is 6.04 Å². The summed E-state index contributed by atoms with van der Waals surface area (Å²) in [6.45, 7) is 3.84. The topological polar surface area (TPSA) is 3.24 Å². The molecule has 1 nitrogen and oxygen atoms in total. The van der Waals surface area contributed by atoms with E-state index in [1.807, 2.05) is 0 Å². The fourth-order valence-corrected chi connectivity index (χ4v) is 4.59. The lowest BCUT2D eigenvalue weighted by Crippen LogP contribution is -2.39. The van der Waals surface area contributed by atoms with Crippen LogP contribution in [0.3, 0.4) is 0 Å². The molecular weight excluding hydrogens is 166 g/mol. The zero-order valence-electron chi connectivity index (χ0n) is 7.97. The van der Waals surface area contributed by atoms with Gasteiger partial charge in [-0.1, -0.05) is 25.4 Å². The Balaban J connectivity index is 2.18. The molecule has 1 aliphatic heterocycles. The maximum atomic E-state index is 2.81. The Hall–Kier alpha value is 0.394. The van der Waals surface area contributed by atoms with Crippen molar-refractivity contribution in [3.05, 3.63) is 0 Å². The molecule has 1 heterocycles. The Morgan fingerprint density at radius 1 is 1.55 bits per heavy atom. The van der Waals surface area contributed by atoms with E-state index in [-0.39, 0.29) is 9.68 Å². The van der Waals surface area contributed by atoms with E-state index in [1.165, 1.54) is 42.1 Å². The molecule has 0 aliphatic carbocycles. The number of piperidine rings is 1. The van der Waals surface area contributed by atoms with Crippen molar-refractivity contribution in [2.75, 3.05) is 6.54 Å². The Kier molecular flexibility index (Phi) is 4.41. The molecule has 0 saturated carbocycles. The molecule has 0 aromatic heterocycles. The normalized spacial score (nSPS) is 28.6. The van der Waals surface area contributed by atoms with E-state index >= 15 is 0 Å². The molecule has 0 aromatic carbocycles. The van der Waals surface area contributed by atoms with E-state index in [2.05, 4.69) is 11.5 Å². The van der Waals surface area contributed by atoms with E-state index in [0.29, 0.717) is 0 Å². The molecule has 0 amide bonds. The number of nitrogens with zero attached hydrogens (tertiary/aromatic N) is 1. The number of hydrogen-bond donors (Lipinski definition) is 0. The Labute approximate surface area is 75.9 Å². The van der Waals surface area contributed by atoms with Gasteiger partial charge in [-0.15, -0.1) is 0 Å². The van der Waals surface area contributed by atoms with Crippen LogP contribution in [0.5, 0.6) is 0 Å². The highest BCUT2D eigenvalue weighted by Crippen LogP contribution is 2.15. The Bertz CT molecular complexity index is 108. The fourth-order valence-electron chi connectivity index (χ4n) is 1.85. The van der Waals surface area contributed by atoms with Crippen LogP contribution in [0.25, 0.3) is 0 Å². The van der Waals surface area contributed by atoms with Crippen molar-refractivity contribution >= 4 is 19.9 Å². The monoisotopic (exact) mass is 187 g/mol. The second kappa shape index (κ2) is 5.11. The molecule has 0 bridgehead atoms. The third-order valence-corrected chi connectivity index (χ3v) is 7.40. The average molecular weight is 187 g/mol. The summed E-state index contributed by atoms with van der Waals surface area (Å²) in [6, 6.07) is 4.05. The van der Waals surface area contributed by atoms with Crippen molar-refractivity contribution in [3.8, 4) is 0 Å². The smallest absolute Gasteiger partial charge is 0.0950 e. The highest BCUT2D eigenvalue weighted by molar-refractivity contribution is 6.34. The molecule has 3 heteroatoms. The average Bonchev–Trinajstić information content (AvgIpc) is 2.03. The zero-order chi connectivity index (χ0) is 8.10. The van der Waals surface area contributed by atoms with Crippen molar-refractivity contribution in [3.63, 3.8) is 0 Å². The van der Waals surface area contributed by atoms with Gasteiger partial charge in [0.05, 0.1) is 9.68 Å². The molecule has 1 rings (SSSR count). The second-order valence-corrected chi connectivity index (χ2v) is 6.70. The van der Waals surface area contributed by atoms with E-state index in [1.54, 1.807) is 6.04 Å². The molecule has 1 unspecified atom stereocenters. The first-order chi connectivity index (χ1) is 5.34. The van der Waals surface area contributed by atoms with Crippen LogP contribution in [0.4, 0.5) is 0 Å². The van der Waals surface area contributed by atoms with Crippen molar-refractivity contribution in [2.24, 2.45) is 0 Å². The minimum absolute atomic E-state index is 0.186. The minimum Gasteiger partial charge on any atom is -0.327 e. The summed E-state index contributed by atoms with van der Waals surface area (Å²) in [5.41, 5.74) is 0. The highest BCUT2D eigenvalue weighted by Gasteiger charge is 2.16. The van der Waals surface area contributed by atoms with Crippen LogP contribution in [0.2, 0.25) is 12.1 Å². The van der Waals surface area contributed by atoms with Crippen molar-refractivity contribution in [1.82, 2.24) is 4.57 Å². The summed E-state index contributed by atoms with van der Waals surface area (Å²) in [5, 5.41) is 0. The molecule has 1 atom stereocenters. The van der Waals surface area contributed by atoms with Crippen molar-refractivity contribution < 1.29 is 0 Å². The molecule has 1 fully saturated rings. The van der Waals surface area contributed by atoms with Gasteiger partial charge in [0.1, 0.15) is 0 Å². The van der Waals surface area contributed by atoms with Crippen LogP contribution in [0.15, 0.2) is 0 Å². The van der Waals surface area contributed by atoms with Gasteiger partial charge >= 0.3 is 0 Å². The van der Waals surface area contributed by atoms with Crippen molar-refractivity contribution in [2.45, 2.75) is 44.3 Å². The second-order valence-electron chi connectivity index (χ2n) is 3.73. The molecule has 0 N–H and O–H groups in total. The summed E-state index contributed by atoms with van der Waals surface area (Å²) in [4.78, 5) is 0. The quantitative estimate of drug-likeness (QED) is 0.569. The lowest BCUT2D eigenvalue weighted by molar-refractivity contribution is 0.274. The molecule has 66 valence electrons. The van der Waals surface area contributed by atoms with Gasteiger partial charge in [0.15, 0.2) is 0 Å². The Morgan fingerprint density at radius 2 is 2.36 bits per heavy atom. The molecule has 1 saturated heterocycles. The molecule has 0 aromatic rings. The maximum Gasteiger partial charge on any atom is 0.0950 e. The fraction of sp³-hybridized carbons (Fsp3) is 1.00. The largest absolute Gasteiger partial charge is 0.327 e. The predicted molar refractivity (Wildman–Crippen MR) is 58.1 cm³/mol. The van der Waals surface area contributed by atoms with Gasteiger partial charge in [0, 0.05) is 10.2 Å². The van der Waals surface area contributed by atoms with Crippen LogP contribution in [-0.4, -0.2) is 37.1 Å². The first-order valence-corrected chi connectivity index (χ1v) is 8.13. The summed E-state index contributed by atoms with van der Waals surface area (Å²) in [5.74, 6) is 0. The molecular formula is C8H21NSi2. The highest BCUT2D eigenvalue weighted by atomic mass is 28.2. The van der Waals surface area contributed by atoms with Gasteiger partial charge < -0.3 is 4.57 Å². The molecule has 11 heavy (non-hydrogen) atoms. The number of hydrogen-bond acceptors (Lipinski definition) is 1.